The van der Waals surface area contributed by atoms with Crippen LogP contribution in [0.5, 0.6) is 0 Å². The van der Waals surface area contributed by atoms with Gasteiger partial charge in [0, 0.05) is 18.3 Å². The maximum absolute atomic E-state index is 11.6. The summed E-state index contributed by atoms with van der Waals surface area (Å²) in [5.74, 6) is 0.570. The fraction of sp³-hybridized carbons (Fsp3) is 0.636. The second kappa shape index (κ2) is 4.57. The van der Waals surface area contributed by atoms with Crippen molar-refractivity contribution in [3.63, 3.8) is 0 Å². The highest BCUT2D eigenvalue weighted by Crippen LogP contribution is 2.11. The summed E-state index contributed by atoms with van der Waals surface area (Å²) in [6, 6.07) is 1.59. The first-order valence-corrected chi connectivity index (χ1v) is 5.49. The molecule has 4 nitrogen and oxygen atoms in total. The molecule has 0 bridgehead atoms. The topological polar surface area (TPSA) is 46.9 Å². The number of hydrogen-bond acceptors (Lipinski definition) is 3. The van der Waals surface area contributed by atoms with Crippen molar-refractivity contribution >= 4 is 0 Å². The predicted molar refractivity (Wildman–Crippen MR) is 58.8 cm³/mol. The van der Waals surface area contributed by atoms with Crippen LogP contribution in [0.4, 0.5) is 0 Å². The Labute approximate surface area is 89.3 Å². The molecule has 1 aliphatic heterocycles. The maximum Gasteiger partial charge on any atom is 0.253 e. The van der Waals surface area contributed by atoms with Crippen molar-refractivity contribution in [3.05, 3.63) is 28.4 Å². The molecule has 4 heteroatoms. The molecule has 1 fully saturated rings. The third kappa shape index (κ3) is 2.65. The van der Waals surface area contributed by atoms with E-state index in [2.05, 4.69) is 10.3 Å². The Kier molecular flexibility index (Phi) is 3.16. The van der Waals surface area contributed by atoms with E-state index in [9.17, 15) is 4.79 Å². The summed E-state index contributed by atoms with van der Waals surface area (Å²) in [6.45, 7) is 4.75. The highest BCUT2D eigenvalue weighted by atomic mass is 16.1. The number of piperidine rings is 1. The van der Waals surface area contributed by atoms with Crippen LogP contribution in [0.15, 0.2) is 17.2 Å². The van der Waals surface area contributed by atoms with Crippen molar-refractivity contribution in [2.24, 2.45) is 5.92 Å². The summed E-state index contributed by atoms with van der Waals surface area (Å²) in [5, 5.41) is 3.35. The van der Waals surface area contributed by atoms with Gasteiger partial charge in [-0.2, -0.15) is 0 Å². The lowest BCUT2D eigenvalue weighted by Gasteiger charge is -2.23. The molecule has 0 amide bonds. The van der Waals surface area contributed by atoms with Gasteiger partial charge in [0.15, 0.2) is 0 Å². The van der Waals surface area contributed by atoms with E-state index in [4.69, 9.17) is 0 Å². The van der Waals surface area contributed by atoms with Crippen LogP contribution < -0.4 is 10.9 Å². The molecule has 1 saturated heterocycles. The summed E-state index contributed by atoms with van der Waals surface area (Å²) in [6.07, 6.45) is 4.07. The van der Waals surface area contributed by atoms with Crippen LogP contribution in [-0.4, -0.2) is 22.6 Å². The average molecular weight is 207 g/mol. The highest BCUT2D eigenvalue weighted by molar-refractivity contribution is 4.96. The van der Waals surface area contributed by atoms with Gasteiger partial charge in [-0.3, -0.25) is 9.36 Å². The normalized spacial score (nSPS) is 21.5. The van der Waals surface area contributed by atoms with E-state index in [0.717, 1.165) is 25.3 Å². The van der Waals surface area contributed by atoms with E-state index >= 15 is 0 Å². The third-order valence-electron chi connectivity index (χ3n) is 2.87. The molecule has 1 aromatic rings. The van der Waals surface area contributed by atoms with E-state index in [1.807, 2.05) is 6.92 Å². The third-order valence-corrected chi connectivity index (χ3v) is 2.87. The van der Waals surface area contributed by atoms with Crippen LogP contribution >= 0.6 is 0 Å². The first-order chi connectivity index (χ1) is 7.25. The Morgan fingerprint density at radius 2 is 2.53 bits per heavy atom. The lowest BCUT2D eigenvalue weighted by Crippen LogP contribution is -2.34. The van der Waals surface area contributed by atoms with Gasteiger partial charge in [0.25, 0.3) is 5.56 Å². The lowest BCUT2D eigenvalue weighted by atomic mass is 10.00. The summed E-state index contributed by atoms with van der Waals surface area (Å²) in [5.41, 5.74) is 0.853. The van der Waals surface area contributed by atoms with Crippen LogP contribution in [-0.2, 0) is 6.54 Å². The van der Waals surface area contributed by atoms with E-state index in [-0.39, 0.29) is 5.56 Å². The predicted octanol–water partition coefficient (Wildman–Crippen LogP) is 0.551. The molecule has 1 aromatic heterocycles. The van der Waals surface area contributed by atoms with Gasteiger partial charge in [-0.25, -0.2) is 4.98 Å². The second-order valence-corrected chi connectivity index (χ2v) is 4.23. The fourth-order valence-electron chi connectivity index (χ4n) is 2.01. The Balaban J connectivity index is 2.06. The Morgan fingerprint density at radius 3 is 3.20 bits per heavy atom. The van der Waals surface area contributed by atoms with E-state index in [1.54, 1.807) is 17.0 Å². The first-order valence-electron chi connectivity index (χ1n) is 5.49. The zero-order valence-electron chi connectivity index (χ0n) is 9.07. The maximum atomic E-state index is 11.6. The number of hydrogen-bond donors (Lipinski definition) is 1. The molecule has 0 aliphatic carbocycles. The minimum Gasteiger partial charge on any atom is -0.316 e. The number of rotatable bonds is 2. The summed E-state index contributed by atoms with van der Waals surface area (Å²) in [7, 11) is 0. The molecule has 2 rings (SSSR count). The van der Waals surface area contributed by atoms with Crippen molar-refractivity contribution in [2.75, 3.05) is 13.1 Å². The van der Waals surface area contributed by atoms with Gasteiger partial charge in [0.05, 0.1) is 6.33 Å². The van der Waals surface area contributed by atoms with Crippen LogP contribution in [0.2, 0.25) is 0 Å². The molecule has 2 heterocycles. The molecule has 82 valence electrons. The fourth-order valence-corrected chi connectivity index (χ4v) is 2.01. The molecular weight excluding hydrogens is 190 g/mol. The molecule has 1 N–H and O–H groups in total. The SMILES string of the molecule is Cc1cc(=O)n(CC2CCCNC2)cn1. The minimum absolute atomic E-state index is 0.0630. The molecule has 1 aliphatic rings. The lowest BCUT2D eigenvalue weighted by molar-refractivity contribution is 0.332. The van der Waals surface area contributed by atoms with Gasteiger partial charge in [-0.15, -0.1) is 0 Å². The first kappa shape index (κ1) is 10.4. The van der Waals surface area contributed by atoms with Gasteiger partial charge < -0.3 is 5.32 Å². The zero-order valence-corrected chi connectivity index (χ0v) is 9.07. The van der Waals surface area contributed by atoms with E-state index < -0.39 is 0 Å². The quantitative estimate of drug-likeness (QED) is 0.770. The Hall–Kier alpha value is -1.16. The number of nitrogens with one attached hydrogen (secondary N) is 1. The van der Waals surface area contributed by atoms with Crippen molar-refractivity contribution in [2.45, 2.75) is 26.3 Å². The Morgan fingerprint density at radius 1 is 1.67 bits per heavy atom. The molecule has 0 aromatic carbocycles. The number of aryl methyl sites for hydroxylation is 1. The molecule has 0 radical (unpaired) electrons. The van der Waals surface area contributed by atoms with Crippen LogP contribution in [0.3, 0.4) is 0 Å². The average Bonchev–Trinajstić information content (AvgIpc) is 2.24. The standard InChI is InChI=1S/C11H17N3O/c1-9-5-11(15)14(8-13-9)7-10-3-2-4-12-6-10/h5,8,10,12H,2-4,6-7H2,1H3. The molecule has 1 atom stereocenters. The van der Waals surface area contributed by atoms with Crippen LogP contribution in [0, 0.1) is 12.8 Å². The molecule has 15 heavy (non-hydrogen) atoms. The largest absolute Gasteiger partial charge is 0.316 e. The highest BCUT2D eigenvalue weighted by Gasteiger charge is 2.13. The van der Waals surface area contributed by atoms with Crippen molar-refractivity contribution in [3.8, 4) is 0 Å². The van der Waals surface area contributed by atoms with Crippen molar-refractivity contribution in [1.29, 1.82) is 0 Å². The Bertz CT molecular complexity index is 380. The van der Waals surface area contributed by atoms with Gasteiger partial charge in [-0.1, -0.05) is 0 Å². The zero-order chi connectivity index (χ0) is 10.7. The van der Waals surface area contributed by atoms with Crippen LogP contribution in [0.25, 0.3) is 0 Å². The van der Waals surface area contributed by atoms with E-state index in [0.29, 0.717) is 5.92 Å². The van der Waals surface area contributed by atoms with Crippen molar-refractivity contribution in [1.82, 2.24) is 14.9 Å². The minimum atomic E-state index is 0.0630. The van der Waals surface area contributed by atoms with Gasteiger partial charge in [-0.05, 0) is 38.8 Å². The molecule has 1 unspecified atom stereocenters. The van der Waals surface area contributed by atoms with Gasteiger partial charge in [0.2, 0.25) is 0 Å². The molecular formula is C11H17N3O. The smallest absolute Gasteiger partial charge is 0.253 e. The molecule has 0 saturated carbocycles. The van der Waals surface area contributed by atoms with E-state index in [1.165, 1.54) is 12.8 Å². The summed E-state index contributed by atoms with van der Waals surface area (Å²) >= 11 is 0. The second-order valence-electron chi connectivity index (χ2n) is 4.23. The molecule has 0 spiro atoms. The van der Waals surface area contributed by atoms with Crippen LogP contribution in [0.1, 0.15) is 18.5 Å². The summed E-state index contributed by atoms with van der Waals surface area (Å²) in [4.78, 5) is 15.8. The van der Waals surface area contributed by atoms with Crippen molar-refractivity contribution < 1.29 is 0 Å². The number of nitrogens with zero attached hydrogens (tertiary/aromatic N) is 2. The monoisotopic (exact) mass is 207 g/mol. The van der Waals surface area contributed by atoms with Gasteiger partial charge in [0.1, 0.15) is 0 Å². The summed E-state index contributed by atoms with van der Waals surface area (Å²) < 4.78 is 1.71. The number of aromatic nitrogens is 2. The van der Waals surface area contributed by atoms with Gasteiger partial charge >= 0.3 is 0 Å².